The van der Waals surface area contributed by atoms with Crippen molar-refractivity contribution < 1.29 is 19.2 Å². The van der Waals surface area contributed by atoms with Crippen LogP contribution in [0.15, 0.2) is 12.1 Å². The maximum absolute atomic E-state index is 13.2. The molecule has 1 aromatic rings. The van der Waals surface area contributed by atoms with Crippen LogP contribution in [0.25, 0.3) is 0 Å². The van der Waals surface area contributed by atoms with E-state index in [2.05, 4.69) is 0 Å². The van der Waals surface area contributed by atoms with E-state index < -0.39 is 18.7 Å². The quantitative estimate of drug-likeness (QED) is 0.545. The molecule has 0 saturated carbocycles. The second-order valence-corrected chi connectivity index (χ2v) is 2.94. The highest BCUT2D eigenvalue weighted by molar-refractivity contribution is 6.61. The van der Waals surface area contributed by atoms with Gasteiger partial charge in [0.1, 0.15) is 0 Å². The van der Waals surface area contributed by atoms with Gasteiger partial charge < -0.3 is 14.8 Å². The lowest BCUT2D eigenvalue weighted by atomic mass is 9.73. The molecule has 0 amide bonds. The van der Waals surface area contributed by atoms with Gasteiger partial charge in [0.25, 0.3) is 0 Å². The van der Waals surface area contributed by atoms with Crippen LogP contribution in [-0.4, -0.2) is 23.9 Å². The van der Waals surface area contributed by atoms with Gasteiger partial charge in [-0.2, -0.15) is 0 Å². The number of phenols is 1. The average molecular weight is 182 g/mol. The van der Waals surface area contributed by atoms with E-state index in [1.165, 1.54) is 6.07 Å². The van der Waals surface area contributed by atoms with Crippen LogP contribution >= 0.6 is 0 Å². The van der Waals surface area contributed by atoms with Crippen molar-refractivity contribution in [1.82, 2.24) is 0 Å². The Labute approximate surface area is 74.9 Å². The summed E-state index contributed by atoms with van der Waals surface area (Å²) in [7, 11) is -1.25. The van der Waals surface area contributed by atoms with E-state index in [1.807, 2.05) is 0 Å². The minimum absolute atomic E-state index is 0.0613. The number of phenolic OH excluding ortho intramolecular Hbond substituents is 1. The standard InChI is InChI=1S/C8H8BFO3/c10-8-6(11)2-1-5-3-4-13-9(12)7(5)8/h1-2,11-12H,3-4H2. The third kappa shape index (κ3) is 1.30. The number of hydrogen-bond donors (Lipinski definition) is 2. The predicted octanol–water partition coefficient (Wildman–Crippen LogP) is -0.209. The third-order valence-corrected chi connectivity index (χ3v) is 2.14. The van der Waals surface area contributed by atoms with E-state index in [0.29, 0.717) is 18.6 Å². The number of benzene rings is 1. The summed E-state index contributed by atoms with van der Waals surface area (Å²) < 4.78 is 18.1. The Bertz CT molecular complexity index is 342. The molecule has 1 aliphatic rings. The molecule has 2 rings (SSSR count). The number of fused-ring (bicyclic) bond motifs is 1. The van der Waals surface area contributed by atoms with Gasteiger partial charge in [-0.3, -0.25) is 0 Å². The zero-order valence-electron chi connectivity index (χ0n) is 6.83. The minimum Gasteiger partial charge on any atom is -0.505 e. The van der Waals surface area contributed by atoms with E-state index in [9.17, 15) is 9.41 Å². The highest BCUT2D eigenvalue weighted by Gasteiger charge is 2.29. The monoisotopic (exact) mass is 182 g/mol. The Morgan fingerprint density at radius 1 is 1.46 bits per heavy atom. The third-order valence-electron chi connectivity index (χ3n) is 2.14. The van der Waals surface area contributed by atoms with Gasteiger partial charge in [-0.1, -0.05) is 6.07 Å². The van der Waals surface area contributed by atoms with Crippen molar-refractivity contribution in [3.63, 3.8) is 0 Å². The molecule has 0 bridgehead atoms. The Balaban J connectivity index is 2.58. The van der Waals surface area contributed by atoms with Gasteiger partial charge in [-0.05, 0) is 18.1 Å². The fraction of sp³-hybridized carbons (Fsp3) is 0.250. The van der Waals surface area contributed by atoms with Crippen LogP contribution < -0.4 is 5.46 Å². The molecular formula is C8H8BFO3. The van der Waals surface area contributed by atoms with Gasteiger partial charge in [0.15, 0.2) is 11.6 Å². The molecule has 1 aromatic carbocycles. The Kier molecular flexibility index (Phi) is 1.98. The van der Waals surface area contributed by atoms with Crippen LogP contribution in [0.2, 0.25) is 0 Å². The van der Waals surface area contributed by atoms with Crippen LogP contribution in [0.1, 0.15) is 5.56 Å². The predicted molar refractivity (Wildman–Crippen MR) is 45.3 cm³/mol. The summed E-state index contributed by atoms with van der Waals surface area (Å²) in [6.07, 6.45) is 0.559. The molecule has 0 atom stereocenters. The second kappa shape index (κ2) is 3.01. The van der Waals surface area contributed by atoms with Crippen LogP contribution in [0.5, 0.6) is 5.75 Å². The van der Waals surface area contributed by atoms with Gasteiger partial charge in [0, 0.05) is 12.1 Å². The van der Waals surface area contributed by atoms with E-state index in [1.54, 1.807) is 6.07 Å². The van der Waals surface area contributed by atoms with Crippen LogP contribution in [0, 0.1) is 5.82 Å². The molecule has 5 heteroatoms. The zero-order chi connectivity index (χ0) is 9.42. The zero-order valence-corrected chi connectivity index (χ0v) is 6.83. The molecule has 13 heavy (non-hydrogen) atoms. The van der Waals surface area contributed by atoms with Gasteiger partial charge in [-0.25, -0.2) is 4.39 Å². The molecule has 1 aliphatic heterocycles. The summed E-state index contributed by atoms with van der Waals surface area (Å²) in [4.78, 5) is 0. The highest BCUT2D eigenvalue weighted by Crippen LogP contribution is 2.17. The van der Waals surface area contributed by atoms with Gasteiger partial charge >= 0.3 is 7.12 Å². The van der Waals surface area contributed by atoms with Crippen molar-refractivity contribution in [2.75, 3.05) is 6.61 Å². The molecule has 0 radical (unpaired) electrons. The Morgan fingerprint density at radius 2 is 2.23 bits per heavy atom. The molecule has 68 valence electrons. The summed E-state index contributed by atoms with van der Waals surface area (Å²) in [5, 5.41) is 18.3. The first-order chi connectivity index (χ1) is 6.20. The lowest BCUT2D eigenvalue weighted by molar-refractivity contribution is 0.264. The minimum atomic E-state index is -1.25. The molecule has 0 aliphatic carbocycles. The first-order valence-electron chi connectivity index (χ1n) is 4.00. The van der Waals surface area contributed by atoms with E-state index in [-0.39, 0.29) is 5.46 Å². The Hall–Kier alpha value is -1.07. The van der Waals surface area contributed by atoms with Crippen LogP contribution in [0.3, 0.4) is 0 Å². The number of rotatable bonds is 0. The molecule has 0 aromatic heterocycles. The molecule has 2 N–H and O–H groups in total. The molecular weight excluding hydrogens is 174 g/mol. The molecule has 0 spiro atoms. The van der Waals surface area contributed by atoms with Gasteiger partial charge in [0.2, 0.25) is 0 Å². The number of halogens is 1. The molecule has 3 nitrogen and oxygen atoms in total. The number of aromatic hydroxyl groups is 1. The summed E-state index contributed by atoms with van der Waals surface area (Å²) >= 11 is 0. The fourth-order valence-electron chi connectivity index (χ4n) is 1.47. The Morgan fingerprint density at radius 3 is 3.00 bits per heavy atom. The van der Waals surface area contributed by atoms with Crippen LogP contribution in [-0.2, 0) is 11.1 Å². The summed E-state index contributed by atoms with van der Waals surface area (Å²) in [6, 6.07) is 2.88. The molecule has 0 saturated heterocycles. The van der Waals surface area contributed by atoms with Crippen molar-refractivity contribution in [3.05, 3.63) is 23.5 Å². The first kappa shape index (κ1) is 8.53. The van der Waals surface area contributed by atoms with Gasteiger partial charge in [0.05, 0.1) is 0 Å². The summed E-state index contributed by atoms with van der Waals surface area (Å²) in [6.45, 7) is 0.373. The van der Waals surface area contributed by atoms with Crippen molar-refractivity contribution in [2.24, 2.45) is 0 Å². The topological polar surface area (TPSA) is 49.7 Å². The van der Waals surface area contributed by atoms with E-state index >= 15 is 0 Å². The number of hydrogen-bond acceptors (Lipinski definition) is 3. The lowest BCUT2D eigenvalue weighted by Crippen LogP contribution is -2.43. The summed E-state index contributed by atoms with van der Waals surface area (Å²) in [5.74, 6) is -1.24. The van der Waals surface area contributed by atoms with Crippen molar-refractivity contribution in [1.29, 1.82) is 0 Å². The summed E-state index contributed by atoms with van der Waals surface area (Å²) in [5.41, 5.74) is 0.750. The molecule has 0 unspecified atom stereocenters. The maximum Gasteiger partial charge on any atom is 0.494 e. The second-order valence-electron chi connectivity index (χ2n) is 2.94. The smallest absolute Gasteiger partial charge is 0.494 e. The van der Waals surface area contributed by atoms with E-state index in [0.717, 1.165) is 0 Å². The average Bonchev–Trinajstić information content (AvgIpc) is 2.12. The fourth-order valence-corrected chi connectivity index (χ4v) is 1.47. The largest absolute Gasteiger partial charge is 0.505 e. The SMILES string of the molecule is OB1OCCc2ccc(O)c(F)c21. The van der Waals surface area contributed by atoms with Crippen molar-refractivity contribution >= 4 is 12.6 Å². The molecule has 1 heterocycles. The van der Waals surface area contributed by atoms with Gasteiger partial charge in [-0.15, -0.1) is 0 Å². The molecule has 0 fully saturated rings. The van der Waals surface area contributed by atoms with E-state index in [4.69, 9.17) is 9.76 Å². The highest BCUT2D eigenvalue weighted by atomic mass is 19.1. The first-order valence-corrected chi connectivity index (χ1v) is 4.00. The lowest BCUT2D eigenvalue weighted by Gasteiger charge is -2.19. The normalized spacial score (nSPS) is 15.7. The maximum atomic E-state index is 13.2. The van der Waals surface area contributed by atoms with Crippen LogP contribution in [0.4, 0.5) is 4.39 Å². The van der Waals surface area contributed by atoms with Crippen molar-refractivity contribution in [2.45, 2.75) is 6.42 Å². The van der Waals surface area contributed by atoms with Crippen molar-refractivity contribution in [3.8, 4) is 5.75 Å².